The molecule has 0 saturated heterocycles. The van der Waals surface area contributed by atoms with E-state index in [0.717, 1.165) is 51.5 Å². The lowest BCUT2D eigenvalue weighted by Crippen LogP contribution is -2.52. The first-order chi connectivity index (χ1) is 20.5. The number of aliphatic hydroxyl groups is 2. The zero-order chi connectivity index (χ0) is 29.9. The molecule has 11 nitrogen and oxygen atoms in total. The molecule has 4 N–H and O–H groups in total. The van der Waals surface area contributed by atoms with Crippen molar-refractivity contribution < 1.29 is 18.6 Å². The molecule has 226 valence electrons. The third-order valence-corrected chi connectivity index (χ3v) is 14.3. The number of hydrogen-bond donors (Lipinski definition) is 4. The van der Waals surface area contributed by atoms with Crippen molar-refractivity contribution in [1.29, 1.82) is 0 Å². The molecule has 0 spiro atoms. The first kappa shape index (κ1) is 27.7. The van der Waals surface area contributed by atoms with Crippen molar-refractivity contribution in [3.8, 4) is 10.6 Å². The van der Waals surface area contributed by atoms with Crippen LogP contribution in [0.15, 0.2) is 16.6 Å². The average Bonchev–Trinajstić information content (AvgIpc) is 3.90. The molecule has 4 fully saturated rings. The molecule has 4 saturated carbocycles. The molecule has 0 radical (unpaired) electrons. The average molecular weight is 640 g/mol. The first-order valence-electron chi connectivity index (χ1n) is 14.8. The summed E-state index contributed by atoms with van der Waals surface area (Å²) in [7, 11) is -3.97. The van der Waals surface area contributed by atoms with E-state index in [1.165, 1.54) is 24.2 Å². The minimum Gasteiger partial charge on any atom is -0.383 e. The van der Waals surface area contributed by atoms with Gasteiger partial charge in [-0.3, -0.25) is 4.98 Å². The van der Waals surface area contributed by atoms with Crippen LogP contribution in [0.4, 0.5) is 11.8 Å². The molecule has 4 aliphatic carbocycles. The van der Waals surface area contributed by atoms with Crippen LogP contribution in [0.5, 0.6) is 0 Å². The molecule has 43 heavy (non-hydrogen) atoms. The summed E-state index contributed by atoms with van der Waals surface area (Å²) in [4.78, 5) is 24.2. The van der Waals surface area contributed by atoms with Gasteiger partial charge >= 0.3 is 0 Å². The van der Waals surface area contributed by atoms with Crippen LogP contribution in [0.25, 0.3) is 20.8 Å². The highest BCUT2D eigenvalue weighted by Crippen LogP contribution is 2.65. The summed E-state index contributed by atoms with van der Waals surface area (Å²) in [6.07, 6.45) is 6.87. The van der Waals surface area contributed by atoms with Crippen LogP contribution >= 0.6 is 22.7 Å². The van der Waals surface area contributed by atoms with Crippen LogP contribution in [0.3, 0.4) is 0 Å². The number of anilines is 2. The fraction of sp³-hybridized carbons (Fsp3) is 0.552. The van der Waals surface area contributed by atoms with Gasteiger partial charge in [0.15, 0.2) is 5.72 Å². The Balaban J connectivity index is 1.19. The van der Waals surface area contributed by atoms with Gasteiger partial charge in [0, 0.05) is 29.5 Å². The molecule has 8 rings (SSSR count). The fourth-order valence-corrected chi connectivity index (χ4v) is 11.4. The Morgan fingerprint density at radius 1 is 1.00 bits per heavy atom. The maximum absolute atomic E-state index is 13.7. The highest BCUT2D eigenvalue weighted by Gasteiger charge is 2.82. The molecule has 14 heteroatoms. The molecule has 4 atom stereocenters. The van der Waals surface area contributed by atoms with E-state index in [-0.39, 0.29) is 10.8 Å². The van der Waals surface area contributed by atoms with Crippen LogP contribution < -0.4 is 10.6 Å². The van der Waals surface area contributed by atoms with Crippen molar-refractivity contribution in [2.75, 3.05) is 17.2 Å². The minimum atomic E-state index is -3.97. The van der Waals surface area contributed by atoms with E-state index in [4.69, 9.17) is 15.0 Å². The largest absolute Gasteiger partial charge is 0.383 e. The number of aromatic nitrogens is 5. The van der Waals surface area contributed by atoms with Crippen LogP contribution in [0.2, 0.25) is 0 Å². The quantitative estimate of drug-likeness (QED) is 0.193. The second-order valence-corrected chi connectivity index (χ2v) is 17.0. The van der Waals surface area contributed by atoms with E-state index in [1.54, 1.807) is 6.92 Å². The zero-order valence-electron chi connectivity index (χ0n) is 24.1. The van der Waals surface area contributed by atoms with E-state index >= 15 is 0 Å². The zero-order valence-corrected chi connectivity index (χ0v) is 26.5. The van der Waals surface area contributed by atoms with Gasteiger partial charge < -0.3 is 20.8 Å². The van der Waals surface area contributed by atoms with Crippen LogP contribution in [-0.4, -0.2) is 66.7 Å². The smallest absolute Gasteiger partial charge is 0.224 e. The van der Waals surface area contributed by atoms with Crippen molar-refractivity contribution >= 4 is 54.5 Å². The van der Waals surface area contributed by atoms with Gasteiger partial charge in [0.25, 0.3) is 0 Å². The predicted octanol–water partition coefficient (Wildman–Crippen LogP) is 4.33. The molecule has 4 aromatic heterocycles. The van der Waals surface area contributed by atoms with Crippen LogP contribution in [-0.2, 0) is 9.84 Å². The maximum Gasteiger partial charge on any atom is 0.224 e. The summed E-state index contributed by atoms with van der Waals surface area (Å²) < 4.78 is 28.3. The lowest BCUT2D eigenvalue weighted by atomic mass is 10.0. The van der Waals surface area contributed by atoms with Gasteiger partial charge in [0.2, 0.25) is 20.1 Å². The van der Waals surface area contributed by atoms with Crippen LogP contribution in [0.1, 0.15) is 66.4 Å². The second-order valence-electron chi connectivity index (χ2n) is 12.6. The number of rotatable bonds is 9. The van der Waals surface area contributed by atoms with Gasteiger partial charge in [-0.05, 0) is 71.3 Å². The summed E-state index contributed by atoms with van der Waals surface area (Å²) in [5, 5.41) is 29.9. The lowest BCUT2D eigenvalue weighted by Gasteiger charge is -2.33. The molecule has 4 aliphatic rings. The second kappa shape index (κ2) is 9.36. The summed E-state index contributed by atoms with van der Waals surface area (Å²) in [6.45, 7) is 6.22. The van der Waals surface area contributed by atoms with E-state index < -0.39 is 32.3 Å². The first-order valence-corrected chi connectivity index (χ1v) is 18.0. The van der Waals surface area contributed by atoms with Gasteiger partial charge in [0.05, 0.1) is 27.3 Å². The van der Waals surface area contributed by atoms with Gasteiger partial charge in [-0.1, -0.05) is 0 Å². The number of nitrogens with zero attached hydrogens (tertiary/aromatic N) is 5. The molecule has 0 aromatic carbocycles. The normalized spacial score (nSPS) is 28.3. The highest BCUT2D eigenvalue weighted by atomic mass is 32.2. The van der Waals surface area contributed by atoms with Gasteiger partial charge in [-0.2, -0.15) is 4.98 Å². The monoisotopic (exact) mass is 639 g/mol. The highest BCUT2D eigenvalue weighted by molar-refractivity contribution is 7.94. The summed E-state index contributed by atoms with van der Waals surface area (Å²) in [5.74, 6) is 1.12. The molecule has 4 aromatic rings. The Hall–Kier alpha value is -2.78. The third kappa shape index (κ3) is 4.31. The number of pyridine rings is 1. The Morgan fingerprint density at radius 3 is 2.49 bits per heavy atom. The molecule has 0 aliphatic heterocycles. The van der Waals surface area contributed by atoms with E-state index in [9.17, 15) is 18.6 Å². The third-order valence-electron chi connectivity index (χ3n) is 9.50. The summed E-state index contributed by atoms with van der Waals surface area (Å²) in [5.41, 5.74) is -0.0299. The Morgan fingerprint density at radius 2 is 1.79 bits per heavy atom. The maximum atomic E-state index is 13.7. The van der Waals surface area contributed by atoms with Gasteiger partial charge in [-0.25, -0.2) is 23.4 Å². The van der Waals surface area contributed by atoms with Crippen molar-refractivity contribution in [1.82, 2.24) is 24.9 Å². The Bertz CT molecular complexity index is 1880. The van der Waals surface area contributed by atoms with Crippen molar-refractivity contribution in [3.63, 3.8) is 0 Å². The van der Waals surface area contributed by atoms with Crippen LogP contribution in [0, 0.1) is 32.6 Å². The number of aryl methyl sites for hydroxylation is 3. The molecule has 0 bridgehead atoms. The number of sulfone groups is 1. The SMILES string of the molecule is Cc1nc(S(=O)(=O)C2C3CCC(O)(Nc4nc(NCC5CC5)nc(C)c4-c4nc5c(C6CC6)nccc5s4)C32O)sc1C. The van der Waals surface area contributed by atoms with E-state index in [0.29, 0.717) is 52.0 Å². The molecular formula is C29H33N7O4S3. The lowest BCUT2D eigenvalue weighted by molar-refractivity contribution is -0.0616. The summed E-state index contributed by atoms with van der Waals surface area (Å²) in [6, 6.07) is 1.96. The standard InChI is InChI=1S/C29H33N7O4S3/c1-13-15(3)41-27(33-13)43(39,40)23-18-8-10-28(37,29(18,23)38)36-24-20(14(2)32-26(35-24)31-12-16-4-5-16)25-34-22-19(42-25)9-11-30-21(22)17-6-7-17/h9,11,16-18,23,37-38H,4-8,10,12H2,1-3H3,(H2,31,32,35,36). The number of thiazole rings is 2. The topological polar surface area (TPSA) is 163 Å². The molecule has 4 heterocycles. The van der Waals surface area contributed by atoms with Crippen molar-refractivity contribution in [2.45, 2.75) is 86.1 Å². The van der Waals surface area contributed by atoms with E-state index in [2.05, 4.69) is 20.6 Å². The number of hydrogen-bond acceptors (Lipinski definition) is 13. The molecule has 0 amide bonds. The predicted molar refractivity (Wildman–Crippen MR) is 165 cm³/mol. The van der Waals surface area contributed by atoms with Crippen molar-refractivity contribution in [3.05, 3.63) is 34.2 Å². The number of fused-ring (bicyclic) bond motifs is 2. The number of nitrogens with one attached hydrogen (secondary N) is 2. The van der Waals surface area contributed by atoms with E-state index in [1.807, 2.05) is 26.1 Å². The Kier molecular flexibility index (Phi) is 6.04. The summed E-state index contributed by atoms with van der Waals surface area (Å²) >= 11 is 2.61. The minimum absolute atomic E-state index is 0.0163. The Labute approximate surface area is 257 Å². The van der Waals surface area contributed by atoms with Gasteiger partial charge in [0.1, 0.15) is 27.2 Å². The fourth-order valence-electron chi connectivity index (χ4n) is 6.57. The van der Waals surface area contributed by atoms with Crippen molar-refractivity contribution in [2.24, 2.45) is 11.8 Å². The molecule has 4 unspecified atom stereocenters. The molecular weight excluding hydrogens is 607 g/mol. The van der Waals surface area contributed by atoms with Gasteiger partial charge in [-0.15, -0.1) is 22.7 Å².